The Balaban J connectivity index is 1.27. The third-order valence-corrected chi connectivity index (χ3v) is 10.0. The molecule has 0 aromatic heterocycles. The summed E-state index contributed by atoms with van der Waals surface area (Å²) in [5.41, 5.74) is -4.08. The van der Waals surface area contributed by atoms with Crippen LogP contribution in [0.4, 0.5) is 8.78 Å². The summed E-state index contributed by atoms with van der Waals surface area (Å²) in [5.74, 6) is -1.15. The molecule has 0 aliphatic heterocycles. The highest BCUT2D eigenvalue weighted by molar-refractivity contribution is 7.87. The van der Waals surface area contributed by atoms with Gasteiger partial charge in [-0.1, -0.05) is 0 Å². The van der Waals surface area contributed by atoms with E-state index >= 15 is 0 Å². The Kier molecular flexibility index (Phi) is 8.85. The molecule has 5 rings (SSSR count). The molecule has 4 saturated carbocycles. The number of halogens is 2. The summed E-state index contributed by atoms with van der Waals surface area (Å²) in [6.07, 6.45) is 4.68. The number of alkyl halides is 2. The van der Waals surface area contributed by atoms with E-state index in [9.17, 15) is 37.0 Å². The van der Waals surface area contributed by atoms with Gasteiger partial charge in [0.05, 0.1) is 29.7 Å². The molecule has 14 heteroatoms. The lowest BCUT2D eigenvalue weighted by Gasteiger charge is -2.59. The molecular formula is C27H40F2O11S. The quantitative estimate of drug-likeness (QED) is 0.169. The lowest BCUT2D eigenvalue weighted by atomic mass is 9.50. The maximum atomic E-state index is 14.0. The molecule has 4 fully saturated rings. The molecule has 0 amide bonds. The molecule has 0 aromatic carbocycles. The summed E-state index contributed by atoms with van der Waals surface area (Å²) in [5, 5.41) is 15.3. The van der Waals surface area contributed by atoms with E-state index in [4.69, 9.17) is 23.5 Å². The monoisotopic (exact) mass is 610 g/mol. The fourth-order valence-corrected chi connectivity index (χ4v) is 7.99. The maximum Gasteiger partial charge on any atom is 0.465 e. The first-order valence-electron chi connectivity index (χ1n) is 14.0. The Labute approximate surface area is 238 Å². The fraction of sp³-hybridized carbons (Fsp3) is 0.852. The second-order valence-corrected chi connectivity index (χ2v) is 14.3. The van der Waals surface area contributed by atoms with E-state index in [1.54, 1.807) is 0 Å². The minimum Gasteiger partial charge on any atom is -0.512 e. The standard InChI is InChI=1S/C27H40F2O11S/c1-16(11-26(13-21(30)12-24(2,33)15-26)40-23(32)27(28,29)41(34,35)36)38-14-22(31)37-4-5-39-25(3)19-7-17-6-18(9-19)10-20(25)8-17/h12,16-20,30,33H,4-11,13-15H2,1-3H3,(H,34,35,36). The predicted molar refractivity (Wildman–Crippen MR) is 138 cm³/mol. The zero-order valence-electron chi connectivity index (χ0n) is 23.5. The van der Waals surface area contributed by atoms with Crippen molar-refractivity contribution in [2.45, 2.75) is 100 Å². The number of rotatable bonds is 12. The van der Waals surface area contributed by atoms with Crippen molar-refractivity contribution in [1.29, 1.82) is 0 Å². The van der Waals surface area contributed by atoms with E-state index < -0.39 is 76.2 Å². The van der Waals surface area contributed by atoms with Gasteiger partial charge in [-0.15, -0.1) is 0 Å². The smallest absolute Gasteiger partial charge is 0.465 e. The van der Waals surface area contributed by atoms with Crippen LogP contribution in [0.3, 0.4) is 0 Å². The van der Waals surface area contributed by atoms with E-state index in [0.29, 0.717) is 11.8 Å². The van der Waals surface area contributed by atoms with Crippen molar-refractivity contribution >= 4 is 22.1 Å². The van der Waals surface area contributed by atoms with Crippen LogP contribution in [-0.4, -0.2) is 83.1 Å². The molecule has 3 unspecified atom stereocenters. The molecule has 4 bridgehead atoms. The first-order chi connectivity index (χ1) is 18.8. The SMILES string of the molecule is CC(CC1(OC(=O)C(F)(F)S(=O)(=O)O)CC(O)=CC(C)(O)C1)OCC(=O)OCCOC1(C)C2CC3CC(C2)CC1C3. The van der Waals surface area contributed by atoms with Crippen molar-refractivity contribution in [2.24, 2.45) is 23.7 Å². The lowest BCUT2D eigenvalue weighted by molar-refractivity contribution is -0.200. The summed E-state index contributed by atoms with van der Waals surface area (Å²) < 4.78 is 80.5. The van der Waals surface area contributed by atoms with Gasteiger partial charge in [-0.05, 0) is 82.6 Å². The molecule has 11 nitrogen and oxygen atoms in total. The molecule has 3 N–H and O–H groups in total. The van der Waals surface area contributed by atoms with Crippen LogP contribution in [0.25, 0.3) is 0 Å². The van der Waals surface area contributed by atoms with Gasteiger partial charge in [0.2, 0.25) is 0 Å². The van der Waals surface area contributed by atoms with Gasteiger partial charge in [-0.25, -0.2) is 9.59 Å². The predicted octanol–water partition coefficient (Wildman–Crippen LogP) is 3.31. The first-order valence-corrected chi connectivity index (χ1v) is 15.4. The van der Waals surface area contributed by atoms with Crippen LogP contribution in [0.15, 0.2) is 11.8 Å². The van der Waals surface area contributed by atoms with Gasteiger partial charge in [0, 0.05) is 19.3 Å². The topological polar surface area (TPSA) is 166 Å². The number of carbonyl (C=O) groups excluding carboxylic acids is 2. The molecule has 0 spiro atoms. The van der Waals surface area contributed by atoms with Gasteiger partial charge in [-0.2, -0.15) is 17.2 Å². The van der Waals surface area contributed by atoms with Crippen LogP contribution in [0.2, 0.25) is 0 Å². The lowest BCUT2D eigenvalue weighted by Crippen LogP contribution is -2.57. The molecule has 0 radical (unpaired) electrons. The Morgan fingerprint density at radius 2 is 1.68 bits per heavy atom. The minimum atomic E-state index is -6.15. The van der Waals surface area contributed by atoms with Gasteiger partial charge in [0.1, 0.15) is 18.8 Å². The number of ether oxygens (including phenoxy) is 4. The van der Waals surface area contributed by atoms with Gasteiger partial charge in [0.25, 0.3) is 0 Å². The van der Waals surface area contributed by atoms with Crippen LogP contribution < -0.4 is 0 Å². The average molecular weight is 611 g/mol. The molecule has 3 atom stereocenters. The first kappa shape index (κ1) is 32.1. The van der Waals surface area contributed by atoms with Gasteiger partial charge < -0.3 is 29.2 Å². The molecule has 0 aromatic rings. The van der Waals surface area contributed by atoms with E-state index in [2.05, 4.69) is 6.92 Å². The zero-order valence-corrected chi connectivity index (χ0v) is 24.3. The fourth-order valence-electron chi connectivity index (χ4n) is 7.73. The number of carbonyl (C=O) groups is 2. The largest absolute Gasteiger partial charge is 0.512 e. The normalized spacial score (nSPS) is 37.4. The molecule has 0 saturated heterocycles. The van der Waals surface area contributed by atoms with Crippen molar-refractivity contribution < 1.29 is 60.5 Å². The van der Waals surface area contributed by atoms with Crippen LogP contribution in [0, 0.1) is 23.7 Å². The summed E-state index contributed by atoms with van der Waals surface area (Å²) in [4.78, 5) is 24.4. The average Bonchev–Trinajstić information content (AvgIpc) is 2.81. The highest BCUT2D eigenvalue weighted by Gasteiger charge is 2.58. The Morgan fingerprint density at radius 3 is 2.22 bits per heavy atom. The molecule has 234 valence electrons. The summed E-state index contributed by atoms with van der Waals surface area (Å²) >= 11 is 0. The van der Waals surface area contributed by atoms with Crippen molar-refractivity contribution in [3.8, 4) is 0 Å². The van der Waals surface area contributed by atoms with E-state index in [-0.39, 0.29) is 18.8 Å². The van der Waals surface area contributed by atoms with Crippen LogP contribution in [0.5, 0.6) is 0 Å². The number of aliphatic hydroxyl groups is 2. The highest BCUT2D eigenvalue weighted by Crippen LogP contribution is 2.59. The van der Waals surface area contributed by atoms with E-state index in [0.717, 1.165) is 17.9 Å². The number of hydrogen-bond donors (Lipinski definition) is 3. The van der Waals surface area contributed by atoms with Gasteiger partial charge >= 0.3 is 27.3 Å². The van der Waals surface area contributed by atoms with Crippen LogP contribution in [-0.2, 0) is 38.7 Å². The highest BCUT2D eigenvalue weighted by atomic mass is 32.2. The van der Waals surface area contributed by atoms with Crippen LogP contribution >= 0.6 is 0 Å². The van der Waals surface area contributed by atoms with Crippen molar-refractivity contribution in [3.63, 3.8) is 0 Å². The summed E-state index contributed by atoms with van der Waals surface area (Å²) in [6, 6.07) is 0. The van der Waals surface area contributed by atoms with Crippen molar-refractivity contribution in [2.75, 3.05) is 19.8 Å². The van der Waals surface area contributed by atoms with E-state index in [1.807, 2.05) is 0 Å². The van der Waals surface area contributed by atoms with Crippen molar-refractivity contribution in [3.05, 3.63) is 11.8 Å². The van der Waals surface area contributed by atoms with Gasteiger partial charge in [-0.3, -0.25) is 4.55 Å². The van der Waals surface area contributed by atoms with Gasteiger partial charge in [0.15, 0.2) is 0 Å². The second-order valence-electron chi connectivity index (χ2n) is 12.8. The maximum absolute atomic E-state index is 14.0. The third kappa shape index (κ3) is 7.03. The minimum absolute atomic E-state index is 0.0201. The Bertz CT molecular complexity index is 1120. The number of hydrogen-bond acceptors (Lipinski definition) is 10. The number of esters is 2. The molecular weight excluding hydrogens is 570 g/mol. The Morgan fingerprint density at radius 1 is 1.10 bits per heavy atom. The molecule has 0 heterocycles. The Hall–Kier alpha value is -1.87. The van der Waals surface area contributed by atoms with Crippen molar-refractivity contribution in [1.82, 2.24) is 0 Å². The third-order valence-electron chi connectivity index (χ3n) is 9.20. The summed E-state index contributed by atoms with van der Waals surface area (Å²) in [7, 11) is -6.15. The van der Waals surface area contributed by atoms with E-state index in [1.165, 1.54) is 46.0 Å². The second kappa shape index (κ2) is 11.3. The van der Waals surface area contributed by atoms with Crippen LogP contribution in [0.1, 0.15) is 72.1 Å². The molecule has 5 aliphatic carbocycles. The zero-order chi connectivity index (χ0) is 30.4. The molecule has 41 heavy (non-hydrogen) atoms. The molecule has 5 aliphatic rings. The number of aliphatic hydroxyl groups excluding tert-OH is 1. The summed E-state index contributed by atoms with van der Waals surface area (Å²) in [6.45, 7) is 4.55.